The second-order valence-corrected chi connectivity index (χ2v) is 6.82. The fourth-order valence-corrected chi connectivity index (χ4v) is 4.88. The van der Waals surface area contributed by atoms with Crippen LogP contribution in [-0.4, -0.2) is 62.0 Å². The van der Waals surface area contributed by atoms with Gasteiger partial charge in [0.05, 0.1) is 19.2 Å². The Balaban J connectivity index is 1.99. The summed E-state index contributed by atoms with van der Waals surface area (Å²) in [6.07, 6.45) is 2.68. The number of aromatic nitrogens is 3. The number of aliphatic carboxylic acids is 1. The molecule has 19 heavy (non-hydrogen) atoms. The molecular formula is C9H10N4O5S. The van der Waals surface area contributed by atoms with Gasteiger partial charge in [-0.2, -0.15) is 0 Å². The molecule has 0 saturated carbocycles. The van der Waals surface area contributed by atoms with Gasteiger partial charge in [0.2, 0.25) is 5.91 Å². The molecule has 1 amide bonds. The van der Waals surface area contributed by atoms with Gasteiger partial charge < -0.3 is 10.0 Å². The molecule has 9 nitrogen and oxygen atoms in total. The van der Waals surface area contributed by atoms with Crippen LogP contribution < -0.4 is 0 Å². The normalized spacial score (nSPS) is 31.9. The number of nitrogens with zero attached hydrogens (tertiary/aromatic N) is 4. The molecule has 0 aromatic carbocycles. The van der Waals surface area contributed by atoms with Gasteiger partial charge in [-0.1, -0.05) is 5.21 Å². The van der Waals surface area contributed by atoms with Crippen LogP contribution in [-0.2, 0) is 26.0 Å². The van der Waals surface area contributed by atoms with Crippen molar-refractivity contribution in [1.82, 2.24) is 19.9 Å². The van der Waals surface area contributed by atoms with Gasteiger partial charge in [-0.3, -0.25) is 9.48 Å². The minimum atomic E-state index is -3.70. The Morgan fingerprint density at radius 3 is 2.79 bits per heavy atom. The maximum absolute atomic E-state index is 12.2. The molecule has 2 aliphatic rings. The lowest BCUT2D eigenvalue weighted by Crippen LogP contribution is -2.56. The lowest BCUT2D eigenvalue weighted by Gasteiger charge is -2.34. The Morgan fingerprint density at radius 2 is 2.26 bits per heavy atom. The first kappa shape index (κ1) is 12.1. The Morgan fingerprint density at radius 1 is 1.53 bits per heavy atom. The fourth-order valence-electron chi connectivity index (χ4n) is 2.57. The van der Waals surface area contributed by atoms with Crippen LogP contribution in [0.2, 0.25) is 0 Å². The molecule has 2 saturated heterocycles. The van der Waals surface area contributed by atoms with Gasteiger partial charge in [-0.05, 0) is 0 Å². The maximum Gasteiger partial charge on any atom is 0.327 e. The number of hydrogen-bond donors (Lipinski definition) is 1. The van der Waals surface area contributed by atoms with Crippen LogP contribution >= 0.6 is 0 Å². The summed E-state index contributed by atoms with van der Waals surface area (Å²) in [7, 11) is -3.70. The lowest BCUT2D eigenvalue weighted by atomic mass is 10.1. The summed E-state index contributed by atoms with van der Waals surface area (Å²) >= 11 is 0. The standard InChI is InChI=1S/C9H10N4O5S/c14-6-3-7-13(6)8(9(15)16)5(19(7,17)18)4-12-2-1-10-11-12/h1-2,5,7-8H,3-4H2,(H,15,16)/t5-,7+,8+/m0/s1. The largest absolute Gasteiger partial charge is 0.480 e. The van der Waals surface area contributed by atoms with E-state index in [2.05, 4.69) is 10.3 Å². The molecule has 2 fully saturated rings. The van der Waals surface area contributed by atoms with Gasteiger partial charge in [0.1, 0.15) is 16.7 Å². The summed E-state index contributed by atoms with van der Waals surface area (Å²) in [6.45, 7) is -0.125. The van der Waals surface area contributed by atoms with Crippen molar-refractivity contribution in [2.75, 3.05) is 0 Å². The van der Waals surface area contributed by atoms with E-state index >= 15 is 0 Å². The first-order valence-electron chi connectivity index (χ1n) is 5.53. The zero-order chi connectivity index (χ0) is 13.8. The lowest BCUT2D eigenvalue weighted by molar-refractivity contribution is -0.156. The van der Waals surface area contributed by atoms with Crippen LogP contribution in [0.1, 0.15) is 6.42 Å². The van der Waals surface area contributed by atoms with Crippen molar-refractivity contribution >= 4 is 21.7 Å². The van der Waals surface area contributed by atoms with Crippen molar-refractivity contribution in [2.24, 2.45) is 0 Å². The molecule has 0 spiro atoms. The Labute approximate surface area is 107 Å². The Kier molecular flexibility index (Phi) is 2.39. The van der Waals surface area contributed by atoms with Crippen molar-refractivity contribution in [2.45, 2.75) is 29.6 Å². The first-order chi connectivity index (χ1) is 8.93. The van der Waals surface area contributed by atoms with Crippen LogP contribution in [0.15, 0.2) is 12.4 Å². The number of carboxylic acids is 1. The van der Waals surface area contributed by atoms with E-state index in [1.165, 1.54) is 17.1 Å². The smallest absolute Gasteiger partial charge is 0.327 e. The van der Waals surface area contributed by atoms with Gasteiger partial charge in [-0.15, -0.1) is 5.10 Å². The molecule has 0 unspecified atom stereocenters. The van der Waals surface area contributed by atoms with Crippen molar-refractivity contribution < 1.29 is 23.1 Å². The van der Waals surface area contributed by atoms with Crippen LogP contribution in [0.4, 0.5) is 0 Å². The van der Waals surface area contributed by atoms with Crippen molar-refractivity contribution in [3.8, 4) is 0 Å². The Bertz CT molecular complexity index is 640. The number of β-lactam (4-membered cyclic amide) rings is 1. The number of hydrogen-bond acceptors (Lipinski definition) is 6. The maximum atomic E-state index is 12.2. The molecular weight excluding hydrogens is 276 g/mol. The average molecular weight is 286 g/mol. The second kappa shape index (κ2) is 3.76. The number of amides is 1. The Hall–Kier alpha value is -1.97. The van der Waals surface area contributed by atoms with E-state index < -0.39 is 38.4 Å². The number of rotatable bonds is 3. The number of carbonyl (C=O) groups is 2. The van der Waals surface area contributed by atoms with E-state index in [4.69, 9.17) is 0 Å². The van der Waals surface area contributed by atoms with Crippen molar-refractivity contribution in [1.29, 1.82) is 0 Å². The topological polar surface area (TPSA) is 122 Å². The molecule has 2 aliphatic heterocycles. The number of fused-ring (bicyclic) bond motifs is 1. The summed E-state index contributed by atoms with van der Waals surface area (Å²) in [5.41, 5.74) is 0. The van der Waals surface area contributed by atoms with E-state index in [-0.39, 0.29) is 13.0 Å². The molecule has 102 valence electrons. The molecule has 3 rings (SSSR count). The third-order valence-electron chi connectivity index (χ3n) is 3.49. The minimum Gasteiger partial charge on any atom is -0.480 e. The minimum absolute atomic E-state index is 0.125. The molecule has 1 aromatic rings. The third kappa shape index (κ3) is 1.56. The SMILES string of the molecule is O=C(O)[C@H]1[C@H](Cn2ccnn2)S(=O)(=O)[C@@H]2CC(=O)N21. The molecule has 3 heterocycles. The fraction of sp³-hybridized carbons (Fsp3) is 0.556. The summed E-state index contributed by atoms with van der Waals surface area (Å²) in [5.74, 6) is -1.76. The number of carboxylic acid groups (broad SMARTS) is 1. The molecule has 3 atom stereocenters. The van der Waals surface area contributed by atoms with Gasteiger partial charge >= 0.3 is 5.97 Å². The van der Waals surface area contributed by atoms with E-state index in [0.29, 0.717) is 0 Å². The van der Waals surface area contributed by atoms with Crippen molar-refractivity contribution in [3.63, 3.8) is 0 Å². The summed E-state index contributed by atoms with van der Waals surface area (Å²) < 4.78 is 25.7. The summed E-state index contributed by atoms with van der Waals surface area (Å²) in [6, 6.07) is -1.35. The monoisotopic (exact) mass is 286 g/mol. The quantitative estimate of drug-likeness (QED) is 0.643. The molecule has 1 N–H and O–H groups in total. The molecule has 0 bridgehead atoms. The van der Waals surface area contributed by atoms with Crippen LogP contribution in [0.3, 0.4) is 0 Å². The second-order valence-electron chi connectivity index (χ2n) is 4.50. The third-order valence-corrected chi connectivity index (χ3v) is 5.90. The number of carbonyl (C=O) groups excluding carboxylic acids is 1. The highest BCUT2D eigenvalue weighted by molar-refractivity contribution is 7.93. The van der Waals surface area contributed by atoms with Crippen molar-refractivity contribution in [3.05, 3.63) is 12.4 Å². The predicted molar refractivity (Wildman–Crippen MR) is 59.4 cm³/mol. The van der Waals surface area contributed by atoms with E-state index in [1.54, 1.807) is 0 Å². The van der Waals surface area contributed by atoms with E-state index in [9.17, 15) is 23.1 Å². The van der Waals surface area contributed by atoms with Gasteiger partial charge in [0, 0.05) is 6.20 Å². The van der Waals surface area contributed by atoms with Crippen LogP contribution in [0, 0.1) is 0 Å². The molecule has 0 aliphatic carbocycles. The average Bonchev–Trinajstić information content (AvgIpc) is 2.87. The van der Waals surface area contributed by atoms with Crippen LogP contribution in [0.25, 0.3) is 0 Å². The summed E-state index contributed by atoms with van der Waals surface area (Å²) in [4.78, 5) is 23.6. The first-order valence-corrected chi connectivity index (χ1v) is 7.14. The highest BCUT2D eigenvalue weighted by Gasteiger charge is 2.63. The summed E-state index contributed by atoms with van der Waals surface area (Å²) in [5, 5.41) is 14.2. The zero-order valence-corrected chi connectivity index (χ0v) is 10.4. The highest BCUT2D eigenvalue weighted by Crippen LogP contribution is 2.39. The number of sulfone groups is 1. The van der Waals surface area contributed by atoms with Gasteiger partial charge in [0.15, 0.2) is 9.84 Å². The van der Waals surface area contributed by atoms with E-state index in [0.717, 1.165) is 4.90 Å². The highest BCUT2D eigenvalue weighted by atomic mass is 32.2. The predicted octanol–water partition coefficient (Wildman–Crippen LogP) is -1.91. The van der Waals surface area contributed by atoms with E-state index in [1.807, 2.05) is 0 Å². The van der Waals surface area contributed by atoms with Gasteiger partial charge in [0.25, 0.3) is 0 Å². The molecule has 10 heteroatoms. The zero-order valence-electron chi connectivity index (χ0n) is 9.58. The van der Waals surface area contributed by atoms with Crippen LogP contribution in [0.5, 0.6) is 0 Å². The molecule has 1 aromatic heterocycles. The molecule has 0 radical (unpaired) electrons. The van der Waals surface area contributed by atoms with Gasteiger partial charge in [-0.25, -0.2) is 13.2 Å².